The van der Waals surface area contributed by atoms with Crippen LogP contribution in [-0.4, -0.2) is 18.5 Å². The predicted molar refractivity (Wildman–Crippen MR) is 89.8 cm³/mol. The van der Waals surface area contributed by atoms with E-state index in [0.29, 0.717) is 10.0 Å². The first kappa shape index (κ1) is 16.0. The summed E-state index contributed by atoms with van der Waals surface area (Å²) in [5.74, 6) is 0. The van der Waals surface area contributed by atoms with Crippen molar-refractivity contribution in [3.63, 3.8) is 0 Å². The third-order valence-electron chi connectivity index (χ3n) is 2.50. The van der Waals surface area contributed by atoms with Gasteiger partial charge in [0, 0.05) is 10.0 Å². The number of halogens is 2. The van der Waals surface area contributed by atoms with Gasteiger partial charge in [-0.25, -0.2) is 15.6 Å². The van der Waals surface area contributed by atoms with Crippen molar-refractivity contribution in [2.24, 2.45) is 10.2 Å². The van der Waals surface area contributed by atoms with Gasteiger partial charge in [-0.05, 0) is 35.4 Å². The average Bonchev–Trinajstić information content (AvgIpc) is 2.51. The second kappa shape index (κ2) is 8.17. The number of hydrogen-bond acceptors (Lipinski definition) is 3. The molecule has 7 heteroatoms. The normalized spacial score (nSPS) is 11.0. The molecule has 0 saturated carbocycles. The van der Waals surface area contributed by atoms with Gasteiger partial charge in [-0.1, -0.05) is 47.5 Å². The third kappa shape index (κ3) is 5.55. The maximum atomic E-state index is 11.4. The van der Waals surface area contributed by atoms with Gasteiger partial charge in [-0.3, -0.25) is 0 Å². The van der Waals surface area contributed by atoms with E-state index in [2.05, 4.69) is 21.1 Å². The lowest BCUT2D eigenvalue weighted by Gasteiger charge is -1.98. The zero-order chi connectivity index (χ0) is 15.8. The highest BCUT2D eigenvalue weighted by atomic mass is 35.5. The van der Waals surface area contributed by atoms with E-state index >= 15 is 0 Å². The van der Waals surface area contributed by atoms with Crippen molar-refractivity contribution in [1.29, 1.82) is 0 Å². The van der Waals surface area contributed by atoms with Gasteiger partial charge in [-0.2, -0.15) is 10.2 Å². The largest absolute Gasteiger partial charge is 0.355 e. The van der Waals surface area contributed by atoms with Crippen LogP contribution in [0, 0.1) is 0 Å². The SMILES string of the molecule is O=C(NN=Cc1ccc(Cl)cc1)NN=Cc1ccc(Cl)cc1. The van der Waals surface area contributed by atoms with E-state index in [1.54, 1.807) is 48.5 Å². The average molecular weight is 335 g/mol. The monoisotopic (exact) mass is 334 g/mol. The molecule has 2 aromatic rings. The summed E-state index contributed by atoms with van der Waals surface area (Å²) in [5.41, 5.74) is 6.21. The number of amides is 2. The smallest absolute Gasteiger partial charge is 0.245 e. The molecule has 0 heterocycles. The number of urea groups is 1. The van der Waals surface area contributed by atoms with Crippen LogP contribution in [0.15, 0.2) is 58.7 Å². The molecule has 0 radical (unpaired) electrons. The molecule has 22 heavy (non-hydrogen) atoms. The summed E-state index contributed by atoms with van der Waals surface area (Å²) in [6, 6.07) is 13.5. The van der Waals surface area contributed by atoms with Gasteiger partial charge in [0.05, 0.1) is 12.4 Å². The Morgan fingerprint density at radius 1 is 0.773 bits per heavy atom. The van der Waals surface area contributed by atoms with E-state index < -0.39 is 6.03 Å². The molecule has 2 N–H and O–H groups in total. The fourth-order valence-corrected chi connectivity index (χ4v) is 1.71. The van der Waals surface area contributed by atoms with Gasteiger partial charge in [0.1, 0.15) is 0 Å². The van der Waals surface area contributed by atoms with Crippen molar-refractivity contribution < 1.29 is 4.79 Å². The van der Waals surface area contributed by atoms with Crippen molar-refractivity contribution in [3.8, 4) is 0 Å². The van der Waals surface area contributed by atoms with Crippen LogP contribution in [0.3, 0.4) is 0 Å². The zero-order valence-electron chi connectivity index (χ0n) is 11.3. The molecule has 0 bridgehead atoms. The summed E-state index contributed by atoms with van der Waals surface area (Å²) in [6.07, 6.45) is 3.00. The lowest BCUT2D eigenvalue weighted by molar-refractivity contribution is 0.242. The van der Waals surface area contributed by atoms with Crippen LogP contribution in [-0.2, 0) is 0 Å². The van der Waals surface area contributed by atoms with Gasteiger partial charge in [0.2, 0.25) is 0 Å². The maximum absolute atomic E-state index is 11.4. The van der Waals surface area contributed by atoms with E-state index in [1.807, 2.05) is 0 Å². The van der Waals surface area contributed by atoms with Crippen LogP contribution >= 0.6 is 23.2 Å². The Morgan fingerprint density at radius 3 is 1.50 bits per heavy atom. The maximum Gasteiger partial charge on any atom is 0.355 e. The molecule has 0 unspecified atom stereocenters. The summed E-state index contributed by atoms with van der Waals surface area (Å²) in [4.78, 5) is 11.4. The molecule has 0 atom stereocenters. The molecule has 0 aliphatic heterocycles. The fourth-order valence-electron chi connectivity index (χ4n) is 1.45. The summed E-state index contributed by atoms with van der Waals surface area (Å²) in [7, 11) is 0. The Bertz CT molecular complexity index is 622. The highest BCUT2D eigenvalue weighted by Crippen LogP contribution is 2.08. The van der Waals surface area contributed by atoms with Crippen LogP contribution in [0.1, 0.15) is 11.1 Å². The summed E-state index contributed by atoms with van der Waals surface area (Å²) in [6.45, 7) is 0. The van der Waals surface area contributed by atoms with E-state index in [9.17, 15) is 4.79 Å². The first-order chi connectivity index (χ1) is 10.6. The van der Waals surface area contributed by atoms with Crippen molar-refractivity contribution in [3.05, 3.63) is 69.7 Å². The molecule has 0 aromatic heterocycles. The van der Waals surface area contributed by atoms with Crippen LogP contribution in [0.25, 0.3) is 0 Å². The van der Waals surface area contributed by atoms with Crippen molar-refractivity contribution in [2.45, 2.75) is 0 Å². The lowest BCUT2D eigenvalue weighted by atomic mass is 10.2. The van der Waals surface area contributed by atoms with Gasteiger partial charge in [-0.15, -0.1) is 0 Å². The van der Waals surface area contributed by atoms with Gasteiger partial charge >= 0.3 is 6.03 Å². The fraction of sp³-hybridized carbons (Fsp3) is 0. The molecule has 0 aliphatic carbocycles. The first-order valence-electron chi connectivity index (χ1n) is 6.27. The summed E-state index contributed by atoms with van der Waals surface area (Å²) < 4.78 is 0. The minimum Gasteiger partial charge on any atom is -0.245 e. The topological polar surface area (TPSA) is 65.8 Å². The molecular weight excluding hydrogens is 323 g/mol. The molecule has 2 amide bonds. The molecule has 2 rings (SSSR count). The molecule has 0 spiro atoms. The standard InChI is InChI=1S/C15H12Cl2N4O/c16-13-5-1-11(2-6-13)9-18-20-15(22)21-19-10-12-3-7-14(17)8-4-12/h1-10H,(H2,20,21,22). The third-order valence-corrected chi connectivity index (χ3v) is 3.00. The Morgan fingerprint density at radius 2 is 1.14 bits per heavy atom. The summed E-state index contributed by atoms with van der Waals surface area (Å²) >= 11 is 11.5. The lowest BCUT2D eigenvalue weighted by Crippen LogP contribution is -2.28. The Balaban J connectivity index is 1.78. The highest BCUT2D eigenvalue weighted by molar-refractivity contribution is 6.30. The number of carbonyl (C=O) groups is 1. The van der Waals surface area contributed by atoms with Gasteiger partial charge < -0.3 is 0 Å². The van der Waals surface area contributed by atoms with Crippen LogP contribution in [0.5, 0.6) is 0 Å². The molecule has 112 valence electrons. The first-order valence-corrected chi connectivity index (χ1v) is 7.02. The zero-order valence-corrected chi connectivity index (χ0v) is 12.8. The molecule has 0 fully saturated rings. The number of hydrogen-bond donors (Lipinski definition) is 2. The quantitative estimate of drug-likeness (QED) is 0.650. The highest BCUT2D eigenvalue weighted by Gasteiger charge is 1.94. The van der Waals surface area contributed by atoms with E-state index in [-0.39, 0.29) is 0 Å². The summed E-state index contributed by atoms with van der Waals surface area (Å²) in [5, 5.41) is 8.85. The van der Waals surface area contributed by atoms with E-state index in [0.717, 1.165) is 11.1 Å². The number of nitrogens with one attached hydrogen (secondary N) is 2. The molecular formula is C15H12Cl2N4O. The number of hydrazone groups is 2. The van der Waals surface area contributed by atoms with Crippen molar-refractivity contribution in [2.75, 3.05) is 0 Å². The number of carbonyl (C=O) groups excluding carboxylic acids is 1. The molecule has 2 aromatic carbocycles. The molecule has 5 nitrogen and oxygen atoms in total. The van der Waals surface area contributed by atoms with Crippen LogP contribution in [0.4, 0.5) is 4.79 Å². The number of nitrogens with zero attached hydrogens (tertiary/aromatic N) is 2. The minimum atomic E-state index is -0.546. The van der Waals surface area contributed by atoms with Gasteiger partial charge in [0.25, 0.3) is 0 Å². The number of rotatable bonds is 4. The molecule has 0 aliphatic rings. The van der Waals surface area contributed by atoms with E-state index in [4.69, 9.17) is 23.2 Å². The second-order valence-corrected chi connectivity index (χ2v) is 5.05. The van der Waals surface area contributed by atoms with Crippen LogP contribution in [0.2, 0.25) is 10.0 Å². The van der Waals surface area contributed by atoms with Crippen molar-refractivity contribution in [1.82, 2.24) is 10.9 Å². The second-order valence-electron chi connectivity index (χ2n) is 4.17. The van der Waals surface area contributed by atoms with Crippen LogP contribution < -0.4 is 10.9 Å². The Kier molecular flexibility index (Phi) is 5.94. The van der Waals surface area contributed by atoms with Gasteiger partial charge in [0.15, 0.2) is 0 Å². The Hall–Kier alpha value is -2.37. The van der Waals surface area contributed by atoms with E-state index in [1.165, 1.54) is 12.4 Å². The number of benzene rings is 2. The predicted octanol–water partition coefficient (Wildman–Crippen LogP) is 3.66. The minimum absolute atomic E-state index is 0.546. The molecule has 0 saturated heterocycles. The van der Waals surface area contributed by atoms with Crippen molar-refractivity contribution >= 4 is 41.7 Å². The Labute approximate surface area is 137 Å².